The van der Waals surface area contributed by atoms with E-state index in [1.54, 1.807) is 12.3 Å². The van der Waals surface area contributed by atoms with Crippen LogP contribution in [-0.2, 0) is 6.54 Å². The van der Waals surface area contributed by atoms with Gasteiger partial charge in [-0.05, 0) is 12.1 Å². The lowest BCUT2D eigenvalue weighted by molar-refractivity contribution is 0.0946. The Kier molecular flexibility index (Phi) is 5.62. The van der Waals surface area contributed by atoms with Gasteiger partial charge in [-0.25, -0.2) is 13.2 Å². The first kappa shape index (κ1) is 20.5. The maximum Gasteiger partial charge on any atom is 0.268 e. The number of carbonyl (C=O) groups excluding carboxylic acids is 2. The average Bonchev–Trinajstić information content (AvgIpc) is 3.49. The number of rotatable bonds is 6. The molecule has 3 N–H and O–H groups in total. The fourth-order valence-corrected chi connectivity index (χ4v) is 3.54. The molecule has 8 nitrogen and oxygen atoms in total. The van der Waals surface area contributed by atoms with E-state index >= 15 is 0 Å². The molecule has 0 bridgehead atoms. The van der Waals surface area contributed by atoms with E-state index in [0.29, 0.717) is 27.9 Å². The van der Waals surface area contributed by atoms with Gasteiger partial charge in [-0.2, -0.15) is 5.10 Å². The first-order valence-corrected chi connectivity index (χ1v) is 9.67. The van der Waals surface area contributed by atoms with Gasteiger partial charge in [0.1, 0.15) is 28.2 Å². The average molecular weight is 446 g/mol. The molecule has 4 rings (SSSR count). The second-order valence-corrected chi connectivity index (χ2v) is 7.47. The first-order chi connectivity index (χ1) is 14.9. The van der Waals surface area contributed by atoms with Crippen molar-refractivity contribution in [1.29, 1.82) is 0 Å². The van der Waals surface area contributed by atoms with E-state index in [1.807, 2.05) is 0 Å². The number of aromatic nitrogens is 5. The topological polar surface area (TPSA) is 116 Å². The number of ketones is 1. The zero-order valence-electron chi connectivity index (χ0n) is 15.6. The Hall–Kier alpha value is -3.80. The van der Waals surface area contributed by atoms with Crippen LogP contribution in [0.5, 0.6) is 0 Å². The Morgan fingerprint density at radius 3 is 2.81 bits per heavy atom. The molecule has 158 valence electrons. The number of hydrogen-bond acceptors (Lipinski definition) is 6. The molecule has 1 aliphatic rings. The molecule has 0 unspecified atom stereocenters. The minimum Gasteiger partial charge on any atom is -0.356 e. The number of Topliss-reactive ketones (excluding diaryl/α,β-unsaturated/α-hetero) is 1. The van der Waals surface area contributed by atoms with Crippen molar-refractivity contribution in [3.63, 3.8) is 0 Å². The van der Waals surface area contributed by atoms with E-state index in [2.05, 4.69) is 30.7 Å². The van der Waals surface area contributed by atoms with Gasteiger partial charge in [-0.1, -0.05) is 11.3 Å². The summed E-state index contributed by atoms with van der Waals surface area (Å²) in [6, 6.07) is 2.94. The Labute approximate surface area is 176 Å². The number of aromatic amines is 2. The van der Waals surface area contributed by atoms with E-state index < -0.39 is 41.2 Å². The van der Waals surface area contributed by atoms with Crippen LogP contribution >= 0.6 is 11.3 Å². The van der Waals surface area contributed by atoms with Gasteiger partial charge in [0, 0.05) is 42.1 Å². The minimum absolute atomic E-state index is 0.0361. The van der Waals surface area contributed by atoms with Crippen molar-refractivity contribution in [1.82, 2.24) is 30.7 Å². The van der Waals surface area contributed by atoms with Crippen molar-refractivity contribution >= 4 is 23.0 Å². The smallest absolute Gasteiger partial charge is 0.268 e. The summed E-state index contributed by atoms with van der Waals surface area (Å²) in [7, 11) is 0. The van der Waals surface area contributed by atoms with E-state index in [4.69, 9.17) is 0 Å². The monoisotopic (exact) mass is 446 g/mol. The summed E-state index contributed by atoms with van der Waals surface area (Å²) in [6.45, 7) is 0.0901. The van der Waals surface area contributed by atoms with Crippen LogP contribution < -0.4 is 5.32 Å². The number of allylic oxidation sites excluding steroid dienone is 6. The number of carbonyl (C=O) groups is 2. The molecule has 3 heterocycles. The number of halogens is 3. The summed E-state index contributed by atoms with van der Waals surface area (Å²) in [5, 5.41) is 18.4. The fourth-order valence-electron chi connectivity index (χ4n) is 2.78. The van der Waals surface area contributed by atoms with Crippen molar-refractivity contribution in [3.8, 4) is 10.7 Å². The molecular formula is C19H13F3N6O2S. The Morgan fingerprint density at radius 1 is 1.19 bits per heavy atom. The SMILES string of the molecule is O=C(C1=C(F)C=C(F)C=C(F)C1)c1c[nH]c(C(=O)NCc2nnc(-c3ccn[nH]3)s2)c1. The highest BCUT2D eigenvalue weighted by molar-refractivity contribution is 7.14. The lowest BCUT2D eigenvalue weighted by atomic mass is 10.0. The second kappa shape index (κ2) is 8.52. The molecule has 0 saturated carbocycles. The Bertz CT molecular complexity index is 1240. The lowest BCUT2D eigenvalue weighted by Gasteiger charge is -2.03. The van der Waals surface area contributed by atoms with Gasteiger partial charge < -0.3 is 10.3 Å². The fraction of sp³-hybridized carbons (Fsp3) is 0.105. The molecule has 31 heavy (non-hydrogen) atoms. The molecule has 0 aromatic carbocycles. The molecule has 1 aliphatic carbocycles. The molecule has 1 amide bonds. The first-order valence-electron chi connectivity index (χ1n) is 8.86. The standard InChI is InChI=1S/C19H13F3N6O2S/c20-10-4-11(21)6-13(22)12(5-10)17(29)9-3-15(23-7-9)18(30)24-8-16-27-28-19(31-16)14-1-2-25-26-14/h1-4,6-7,23H,5,8H2,(H,24,30)(H,25,26). The van der Waals surface area contributed by atoms with E-state index in [1.165, 1.54) is 23.6 Å². The van der Waals surface area contributed by atoms with Crippen LogP contribution in [-0.4, -0.2) is 37.1 Å². The van der Waals surface area contributed by atoms with Gasteiger partial charge in [-0.15, -0.1) is 10.2 Å². The summed E-state index contributed by atoms with van der Waals surface area (Å²) in [5.41, 5.74) is 0.140. The van der Waals surface area contributed by atoms with Crippen LogP contribution in [0.3, 0.4) is 0 Å². The quantitative estimate of drug-likeness (QED) is 0.499. The number of nitrogens with one attached hydrogen (secondary N) is 3. The molecule has 0 fully saturated rings. The van der Waals surface area contributed by atoms with Gasteiger partial charge in [-0.3, -0.25) is 14.7 Å². The maximum absolute atomic E-state index is 14.1. The highest BCUT2D eigenvalue weighted by atomic mass is 32.1. The van der Waals surface area contributed by atoms with E-state index in [0.717, 1.165) is 0 Å². The third kappa shape index (κ3) is 4.53. The normalized spacial score (nSPS) is 14.2. The van der Waals surface area contributed by atoms with Crippen LogP contribution in [0.4, 0.5) is 13.2 Å². The van der Waals surface area contributed by atoms with Crippen molar-refractivity contribution in [2.75, 3.05) is 0 Å². The van der Waals surface area contributed by atoms with E-state index in [9.17, 15) is 22.8 Å². The summed E-state index contributed by atoms with van der Waals surface area (Å²) >= 11 is 1.26. The highest BCUT2D eigenvalue weighted by Crippen LogP contribution is 2.28. The molecule has 3 aromatic heterocycles. The number of hydrogen-bond donors (Lipinski definition) is 3. The molecule has 0 aliphatic heterocycles. The molecular weight excluding hydrogens is 433 g/mol. The third-order valence-electron chi connectivity index (χ3n) is 4.26. The highest BCUT2D eigenvalue weighted by Gasteiger charge is 2.23. The van der Waals surface area contributed by atoms with Gasteiger partial charge in [0.05, 0.1) is 12.2 Å². The van der Waals surface area contributed by atoms with Crippen LogP contribution in [0.25, 0.3) is 10.7 Å². The predicted octanol–water partition coefficient (Wildman–Crippen LogP) is 3.70. The summed E-state index contributed by atoms with van der Waals surface area (Å²) in [4.78, 5) is 27.5. The van der Waals surface area contributed by atoms with Crippen LogP contribution in [0.15, 0.2) is 59.7 Å². The van der Waals surface area contributed by atoms with Crippen molar-refractivity contribution in [2.45, 2.75) is 13.0 Å². The Morgan fingerprint density at radius 2 is 2.03 bits per heavy atom. The van der Waals surface area contributed by atoms with E-state index in [-0.39, 0.29) is 17.8 Å². The zero-order chi connectivity index (χ0) is 22.0. The number of H-pyrrole nitrogens is 2. The predicted molar refractivity (Wildman–Crippen MR) is 105 cm³/mol. The number of nitrogens with zero attached hydrogens (tertiary/aromatic N) is 3. The second-order valence-electron chi connectivity index (χ2n) is 6.41. The molecule has 0 spiro atoms. The molecule has 0 radical (unpaired) electrons. The molecule has 12 heteroatoms. The summed E-state index contributed by atoms with van der Waals surface area (Å²) in [5.74, 6) is -4.66. The van der Waals surface area contributed by atoms with Gasteiger partial charge in [0.2, 0.25) is 0 Å². The van der Waals surface area contributed by atoms with Gasteiger partial charge >= 0.3 is 0 Å². The molecule has 3 aromatic rings. The zero-order valence-corrected chi connectivity index (χ0v) is 16.4. The summed E-state index contributed by atoms with van der Waals surface area (Å²) in [6.07, 6.45) is 3.06. The van der Waals surface area contributed by atoms with Crippen LogP contribution in [0.1, 0.15) is 32.3 Å². The summed E-state index contributed by atoms with van der Waals surface area (Å²) < 4.78 is 41.0. The maximum atomic E-state index is 14.1. The number of amides is 1. The van der Waals surface area contributed by atoms with Crippen molar-refractivity contribution in [3.05, 3.63) is 76.0 Å². The van der Waals surface area contributed by atoms with Gasteiger partial charge in [0.25, 0.3) is 5.91 Å². The van der Waals surface area contributed by atoms with Crippen molar-refractivity contribution < 1.29 is 22.8 Å². The molecule has 0 atom stereocenters. The van der Waals surface area contributed by atoms with Crippen molar-refractivity contribution in [2.24, 2.45) is 0 Å². The largest absolute Gasteiger partial charge is 0.356 e. The third-order valence-corrected chi connectivity index (χ3v) is 5.21. The minimum atomic E-state index is -1.16. The Balaban J connectivity index is 1.42. The van der Waals surface area contributed by atoms with Crippen LogP contribution in [0, 0.1) is 0 Å². The molecule has 0 saturated heterocycles. The van der Waals surface area contributed by atoms with Crippen LogP contribution in [0.2, 0.25) is 0 Å². The van der Waals surface area contributed by atoms with Gasteiger partial charge in [0.15, 0.2) is 10.8 Å². The lowest BCUT2D eigenvalue weighted by Crippen LogP contribution is -2.23.